The molecule has 0 amide bonds. The SMILES string of the molecule is COc1ccccc1-c1nc(CCC#N)cs1. The number of rotatable bonds is 4. The molecule has 0 aliphatic heterocycles. The predicted octanol–water partition coefficient (Wildman–Crippen LogP) is 3.27. The number of thiazole rings is 1. The van der Waals surface area contributed by atoms with Gasteiger partial charge in [-0.3, -0.25) is 0 Å². The monoisotopic (exact) mass is 244 g/mol. The number of methoxy groups -OCH3 is 1. The van der Waals surface area contributed by atoms with Crippen molar-refractivity contribution in [3.63, 3.8) is 0 Å². The first kappa shape index (κ1) is 11.6. The molecule has 0 aliphatic carbocycles. The fraction of sp³-hybridized carbons (Fsp3) is 0.231. The molecule has 0 unspecified atom stereocenters. The maximum atomic E-state index is 8.54. The van der Waals surface area contributed by atoms with Crippen LogP contribution in [0.1, 0.15) is 12.1 Å². The van der Waals surface area contributed by atoms with Crippen LogP contribution in [0, 0.1) is 11.3 Å². The van der Waals surface area contributed by atoms with E-state index in [0.717, 1.165) is 22.0 Å². The molecule has 0 atom stereocenters. The Labute approximate surface area is 104 Å². The van der Waals surface area contributed by atoms with E-state index in [9.17, 15) is 0 Å². The van der Waals surface area contributed by atoms with E-state index in [1.165, 1.54) is 0 Å². The highest BCUT2D eigenvalue weighted by Crippen LogP contribution is 2.31. The summed E-state index contributed by atoms with van der Waals surface area (Å²) in [6.07, 6.45) is 1.22. The number of nitriles is 1. The summed E-state index contributed by atoms with van der Waals surface area (Å²) in [5.41, 5.74) is 1.97. The Morgan fingerprint density at radius 3 is 3.00 bits per heavy atom. The molecule has 0 fully saturated rings. The highest BCUT2D eigenvalue weighted by atomic mass is 32.1. The zero-order valence-corrected chi connectivity index (χ0v) is 10.3. The summed E-state index contributed by atoms with van der Waals surface area (Å²) >= 11 is 1.58. The molecule has 4 heteroatoms. The van der Waals surface area contributed by atoms with Crippen LogP contribution in [0.15, 0.2) is 29.6 Å². The van der Waals surface area contributed by atoms with Crippen molar-refractivity contribution in [3.05, 3.63) is 35.3 Å². The molecule has 1 aromatic heterocycles. The lowest BCUT2D eigenvalue weighted by Crippen LogP contribution is -1.88. The third-order valence-electron chi connectivity index (χ3n) is 2.38. The average molecular weight is 244 g/mol. The number of aromatic nitrogens is 1. The summed E-state index contributed by atoms with van der Waals surface area (Å²) in [5, 5.41) is 11.5. The molecule has 1 aromatic carbocycles. The summed E-state index contributed by atoms with van der Waals surface area (Å²) in [5.74, 6) is 0.827. The first-order valence-corrected chi connectivity index (χ1v) is 6.18. The van der Waals surface area contributed by atoms with Gasteiger partial charge in [0, 0.05) is 18.2 Å². The Hall–Kier alpha value is -1.86. The van der Waals surface area contributed by atoms with Crippen LogP contribution in [0.5, 0.6) is 5.75 Å². The van der Waals surface area contributed by atoms with E-state index >= 15 is 0 Å². The summed E-state index contributed by atoms with van der Waals surface area (Å²) in [6, 6.07) is 9.95. The number of hydrogen-bond acceptors (Lipinski definition) is 4. The van der Waals surface area contributed by atoms with Gasteiger partial charge < -0.3 is 4.74 Å². The van der Waals surface area contributed by atoms with Crippen molar-refractivity contribution < 1.29 is 4.74 Å². The topological polar surface area (TPSA) is 45.9 Å². The summed E-state index contributed by atoms with van der Waals surface area (Å²) in [6.45, 7) is 0. The van der Waals surface area contributed by atoms with Gasteiger partial charge in [-0.15, -0.1) is 11.3 Å². The number of para-hydroxylation sites is 1. The van der Waals surface area contributed by atoms with Crippen LogP contribution in [0.4, 0.5) is 0 Å². The molecule has 2 aromatic rings. The lowest BCUT2D eigenvalue weighted by Gasteiger charge is -2.04. The van der Waals surface area contributed by atoms with Crippen LogP contribution in [0.25, 0.3) is 10.6 Å². The van der Waals surface area contributed by atoms with Gasteiger partial charge in [-0.25, -0.2) is 4.98 Å². The molecule has 2 rings (SSSR count). The molecule has 0 aliphatic rings. The van der Waals surface area contributed by atoms with Crippen molar-refractivity contribution in [3.8, 4) is 22.4 Å². The van der Waals surface area contributed by atoms with Crippen LogP contribution in [0.3, 0.4) is 0 Å². The summed E-state index contributed by atoms with van der Waals surface area (Å²) < 4.78 is 5.30. The van der Waals surface area contributed by atoms with Gasteiger partial charge >= 0.3 is 0 Å². The molecule has 17 heavy (non-hydrogen) atoms. The molecule has 0 radical (unpaired) electrons. The molecule has 0 spiro atoms. The minimum atomic E-state index is 0.509. The number of hydrogen-bond donors (Lipinski definition) is 0. The second-order valence-electron chi connectivity index (χ2n) is 3.50. The van der Waals surface area contributed by atoms with Crippen LogP contribution < -0.4 is 4.74 Å². The number of ether oxygens (including phenoxy) is 1. The van der Waals surface area contributed by atoms with Crippen molar-refractivity contribution in [1.29, 1.82) is 5.26 Å². The predicted molar refractivity (Wildman–Crippen MR) is 68.0 cm³/mol. The number of aryl methyl sites for hydroxylation is 1. The summed E-state index contributed by atoms with van der Waals surface area (Å²) in [7, 11) is 1.66. The zero-order chi connectivity index (χ0) is 12.1. The van der Waals surface area contributed by atoms with Gasteiger partial charge in [0.25, 0.3) is 0 Å². The van der Waals surface area contributed by atoms with E-state index in [0.29, 0.717) is 12.8 Å². The lowest BCUT2D eigenvalue weighted by atomic mass is 10.2. The van der Waals surface area contributed by atoms with Gasteiger partial charge in [0.2, 0.25) is 0 Å². The minimum absolute atomic E-state index is 0.509. The molecule has 86 valence electrons. The second kappa shape index (κ2) is 5.46. The van der Waals surface area contributed by atoms with Crippen molar-refractivity contribution in [2.24, 2.45) is 0 Å². The van der Waals surface area contributed by atoms with Crippen LogP contribution in [-0.4, -0.2) is 12.1 Å². The standard InChI is InChI=1S/C13H12N2OS/c1-16-12-7-3-2-6-11(12)13-15-10(9-17-13)5-4-8-14/h2-3,6-7,9H,4-5H2,1H3. The van der Waals surface area contributed by atoms with Crippen molar-refractivity contribution in [2.75, 3.05) is 7.11 Å². The third kappa shape index (κ3) is 2.63. The Bertz CT molecular complexity index is 542. The van der Waals surface area contributed by atoms with Crippen molar-refractivity contribution in [2.45, 2.75) is 12.8 Å². The van der Waals surface area contributed by atoms with Gasteiger partial charge in [-0.1, -0.05) is 12.1 Å². The van der Waals surface area contributed by atoms with E-state index in [1.807, 2.05) is 29.6 Å². The van der Waals surface area contributed by atoms with E-state index < -0.39 is 0 Å². The molecule has 3 nitrogen and oxygen atoms in total. The molecule has 0 saturated heterocycles. The molecule has 0 saturated carbocycles. The normalized spacial score (nSPS) is 9.88. The fourth-order valence-electron chi connectivity index (χ4n) is 1.55. The van der Waals surface area contributed by atoms with Crippen LogP contribution in [-0.2, 0) is 6.42 Å². The third-order valence-corrected chi connectivity index (χ3v) is 3.31. The first-order valence-electron chi connectivity index (χ1n) is 5.30. The van der Waals surface area contributed by atoms with Gasteiger partial charge in [-0.2, -0.15) is 5.26 Å². The molecular formula is C13H12N2OS. The Balaban J connectivity index is 2.28. The second-order valence-corrected chi connectivity index (χ2v) is 4.36. The van der Waals surface area contributed by atoms with Gasteiger partial charge in [-0.05, 0) is 12.1 Å². The molecule has 0 N–H and O–H groups in total. The lowest BCUT2D eigenvalue weighted by molar-refractivity contribution is 0.416. The highest BCUT2D eigenvalue weighted by Gasteiger charge is 2.09. The van der Waals surface area contributed by atoms with Gasteiger partial charge in [0.05, 0.1) is 24.4 Å². The fourth-order valence-corrected chi connectivity index (χ4v) is 2.43. The molecular weight excluding hydrogens is 232 g/mol. The minimum Gasteiger partial charge on any atom is -0.496 e. The smallest absolute Gasteiger partial charge is 0.129 e. The van der Waals surface area contributed by atoms with E-state index in [4.69, 9.17) is 10.00 Å². The molecule has 1 heterocycles. The van der Waals surface area contributed by atoms with Crippen LogP contribution >= 0.6 is 11.3 Å². The van der Waals surface area contributed by atoms with E-state index in [1.54, 1.807) is 18.4 Å². The number of nitrogens with zero attached hydrogens (tertiary/aromatic N) is 2. The Morgan fingerprint density at radius 2 is 2.24 bits per heavy atom. The quantitative estimate of drug-likeness (QED) is 0.829. The summed E-state index contributed by atoms with van der Waals surface area (Å²) in [4.78, 5) is 4.51. The van der Waals surface area contributed by atoms with Gasteiger partial charge in [0.1, 0.15) is 10.8 Å². The van der Waals surface area contributed by atoms with Crippen molar-refractivity contribution >= 4 is 11.3 Å². The first-order chi connectivity index (χ1) is 8.35. The highest BCUT2D eigenvalue weighted by molar-refractivity contribution is 7.13. The van der Waals surface area contributed by atoms with E-state index in [-0.39, 0.29) is 0 Å². The van der Waals surface area contributed by atoms with Crippen molar-refractivity contribution in [1.82, 2.24) is 4.98 Å². The maximum absolute atomic E-state index is 8.54. The maximum Gasteiger partial charge on any atom is 0.129 e. The Kier molecular flexibility index (Phi) is 3.73. The van der Waals surface area contributed by atoms with E-state index in [2.05, 4.69) is 11.1 Å². The Morgan fingerprint density at radius 1 is 1.41 bits per heavy atom. The number of benzene rings is 1. The molecule has 0 bridgehead atoms. The largest absolute Gasteiger partial charge is 0.496 e. The van der Waals surface area contributed by atoms with Crippen LogP contribution in [0.2, 0.25) is 0 Å². The van der Waals surface area contributed by atoms with Gasteiger partial charge in [0.15, 0.2) is 0 Å². The average Bonchev–Trinajstić information content (AvgIpc) is 2.85. The zero-order valence-electron chi connectivity index (χ0n) is 9.51.